The predicted octanol–water partition coefficient (Wildman–Crippen LogP) is 0.464. The number of carbonyl (C=O) groups is 2. The maximum absolute atomic E-state index is 11.2. The number of nitrogens with zero attached hydrogens (tertiary/aromatic N) is 3. The van der Waals surface area contributed by atoms with E-state index in [9.17, 15) is 19.7 Å². The highest BCUT2D eigenvalue weighted by Gasteiger charge is 2.27. The van der Waals surface area contributed by atoms with Crippen LogP contribution in [0.5, 0.6) is 0 Å². The van der Waals surface area contributed by atoms with E-state index in [1.807, 2.05) is 5.32 Å². The highest BCUT2D eigenvalue weighted by atomic mass is 16.6. The number of hydrazone groups is 1. The summed E-state index contributed by atoms with van der Waals surface area (Å²) in [6, 6.07) is 1.91. The first-order valence-electron chi connectivity index (χ1n) is 4.88. The summed E-state index contributed by atoms with van der Waals surface area (Å²) in [4.78, 5) is 31.9. The lowest BCUT2D eigenvalue weighted by molar-refractivity contribution is -0.402. The minimum Gasteiger partial charge on any atom is -0.399 e. The van der Waals surface area contributed by atoms with Gasteiger partial charge in [-0.15, -0.1) is 0 Å². The smallest absolute Gasteiger partial charge is 0.399 e. The molecule has 1 saturated heterocycles. The molecule has 0 unspecified atom stereocenters. The van der Waals surface area contributed by atoms with Crippen LogP contribution >= 0.6 is 0 Å². The second kappa shape index (κ2) is 4.28. The maximum Gasteiger partial charge on any atom is 0.433 e. The molecule has 3 amide bonds. The van der Waals surface area contributed by atoms with E-state index in [-0.39, 0.29) is 18.0 Å². The summed E-state index contributed by atoms with van der Waals surface area (Å²) < 4.78 is 4.91. The van der Waals surface area contributed by atoms with Crippen LogP contribution in [0.15, 0.2) is 21.7 Å². The Morgan fingerprint density at radius 3 is 2.78 bits per heavy atom. The van der Waals surface area contributed by atoms with Crippen LogP contribution in [0.1, 0.15) is 12.7 Å². The Bertz CT molecular complexity index is 561. The lowest BCUT2D eigenvalue weighted by atomic mass is 10.3. The molecule has 2 rings (SSSR count). The number of carbonyl (C=O) groups excluding carboxylic acids is 2. The van der Waals surface area contributed by atoms with Gasteiger partial charge in [0, 0.05) is 0 Å². The standard InChI is InChI=1S/C9H8N4O5/c1-5(6-2-3-8(18-6)13(16)17)11-12-4-7(14)10-9(12)15/h2-3H,4H2,1H3,(H,10,14,15). The molecule has 0 bridgehead atoms. The van der Waals surface area contributed by atoms with Crippen molar-refractivity contribution in [3.05, 3.63) is 28.0 Å². The van der Waals surface area contributed by atoms with Gasteiger partial charge in [-0.3, -0.25) is 20.2 Å². The largest absolute Gasteiger partial charge is 0.433 e. The van der Waals surface area contributed by atoms with Gasteiger partial charge in [-0.1, -0.05) is 0 Å². The molecule has 18 heavy (non-hydrogen) atoms. The first-order chi connectivity index (χ1) is 8.47. The van der Waals surface area contributed by atoms with Crippen LogP contribution in [0.25, 0.3) is 0 Å². The molecule has 0 atom stereocenters. The third-order valence-corrected chi connectivity index (χ3v) is 2.17. The number of urea groups is 1. The molecule has 0 saturated carbocycles. The molecular weight excluding hydrogens is 244 g/mol. The van der Waals surface area contributed by atoms with E-state index in [0.29, 0.717) is 0 Å². The quantitative estimate of drug-likeness (QED) is 0.363. The van der Waals surface area contributed by atoms with Gasteiger partial charge in [-0.2, -0.15) is 5.10 Å². The third-order valence-electron chi connectivity index (χ3n) is 2.17. The molecule has 94 valence electrons. The Balaban J connectivity index is 2.19. The van der Waals surface area contributed by atoms with Gasteiger partial charge in [-0.25, -0.2) is 9.80 Å². The van der Waals surface area contributed by atoms with Crippen molar-refractivity contribution in [3.63, 3.8) is 0 Å². The molecule has 1 N–H and O–H groups in total. The molecule has 0 spiro atoms. The Labute approximate surface area is 100 Å². The van der Waals surface area contributed by atoms with E-state index >= 15 is 0 Å². The summed E-state index contributed by atoms with van der Waals surface area (Å²) in [6.45, 7) is 1.33. The molecule has 9 heteroatoms. The lowest BCUT2D eigenvalue weighted by Crippen LogP contribution is -2.24. The zero-order chi connectivity index (χ0) is 13.3. The molecule has 1 aromatic rings. The SMILES string of the molecule is CC(=NN1CC(=O)NC1=O)c1ccc([N+](=O)[O-])o1. The Morgan fingerprint density at radius 2 is 2.28 bits per heavy atom. The summed E-state index contributed by atoms with van der Waals surface area (Å²) in [5, 5.41) is 17.3. The molecule has 1 aromatic heterocycles. The van der Waals surface area contributed by atoms with Crippen LogP contribution in [0.4, 0.5) is 10.7 Å². The maximum atomic E-state index is 11.2. The van der Waals surface area contributed by atoms with Crippen molar-refractivity contribution in [1.29, 1.82) is 0 Å². The zero-order valence-electron chi connectivity index (χ0n) is 9.24. The predicted molar refractivity (Wildman–Crippen MR) is 57.8 cm³/mol. The fraction of sp³-hybridized carbons (Fsp3) is 0.222. The summed E-state index contributed by atoms with van der Waals surface area (Å²) in [5.41, 5.74) is 0.257. The number of imide groups is 1. The first-order valence-corrected chi connectivity index (χ1v) is 4.88. The molecule has 0 radical (unpaired) electrons. The fourth-order valence-electron chi connectivity index (χ4n) is 1.36. The van der Waals surface area contributed by atoms with Crippen molar-refractivity contribution in [2.75, 3.05) is 6.54 Å². The van der Waals surface area contributed by atoms with Crippen LogP contribution in [0, 0.1) is 10.1 Å². The van der Waals surface area contributed by atoms with Gasteiger partial charge in [0.25, 0.3) is 0 Å². The first kappa shape index (κ1) is 11.8. The molecule has 1 fully saturated rings. The summed E-state index contributed by atoms with van der Waals surface area (Å²) >= 11 is 0. The second-order valence-electron chi connectivity index (χ2n) is 3.49. The van der Waals surface area contributed by atoms with E-state index in [1.165, 1.54) is 19.1 Å². The molecule has 1 aliphatic heterocycles. The minimum absolute atomic E-state index is 0.161. The second-order valence-corrected chi connectivity index (χ2v) is 3.49. The monoisotopic (exact) mass is 252 g/mol. The summed E-state index contributed by atoms with van der Waals surface area (Å²) in [7, 11) is 0. The van der Waals surface area contributed by atoms with Gasteiger partial charge in [0.15, 0.2) is 5.76 Å². The lowest BCUT2D eigenvalue weighted by Gasteiger charge is -2.06. The van der Waals surface area contributed by atoms with E-state index < -0.39 is 22.7 Å². The molecule has 0 aromatic carbocycles. The van der Waals surface area contributed by atoms with E-state index in [0.717, 1.165) is 5.01 Å². The number of amides is 3. The van der Waals surface area contributed by atoms with Crippen LogP contribution < -0.4 is 5.32 Å². The molecule has 1 aliphatic rings. The van der Waals surface area contributed by atoms with Crippen LogP contribution in [0.3, 0.4) is 0 Å². The summed E-state index contributed by atoms with van der Waals surface area (Å²) in [6.07, 6.45) is 0. The molecular formula is C9H8N4O5. The number of nitrogens with one attached hydrogen (secondary N) is 1. The fourth-order valence-corrected chi connectivity index (χ4v) is 1.36. The van der Waals surface area contributed by atoms with Crippen LogP contribution in [-0.2, 0) is 4.79 Å². The van der Waals surface area contributed by atoms with Gasteiger partial charge < -0.3 is 4.42 Å². The van der Waals surface area contributed by atoms with Crippen molar-refractivity contribution in [3.8, 4) is 0 Å². The van der Waals surface area contributed by atoms with Crippen LogP contribution in [-0.4, -0.2) is 34.1 Å². The molecule has 0 aliphatic carbocycles. The van der Waals surface area contributed by atoms with Gasteiger partial charge in [0.2, 0.25) is 5.91 Å². The highest BCUT2D eigenvalue weighted by Crippen LogP contribution is 2.16. The topological polar surface area (TPSA) is 118 Å². The number of furan rings is 1. The number of hydrogen-bond acceptors (Lipinski definition) is 6. The number of hydrogen-bond donors (Lipinski definition) is 1. The Morgan fingerprint density at radius 1 is 1.56 bits per heavy atom. The van der Waals surface area contributed by atoms with Crippen molar-refractivity contribution < 1.29 is 18.9 Å². The molecule has 2 heterocycles. The number of rotatable bonds is 3. The van der Waals surface area contributed by atoms with Gasteiger partial charge in [-0.05, 0) is 13.0 Å². The van der Waals surface area contributed by atoms with Crippen molar-refractivity contribution in [2.24, 2.45) is 5.10 Å². The van der Waals surface area contributed by atoms with E-state index in [2.05, 4.69) is 5.10 Å². The average molecular weight is 252 g/mol. The highest BCUT2D eigenvalue weighted by molar-refractivity contribution is 6.03. The average Bonchev–Trinajstić information content (AvgIpc) is 2.86. The van der Waals surface area contributed by atoms with E-state index in [1.54, 1.807) is 0 Å². The third kappa shape index (κ3) is 2.19. The van der Waals surface area contributed by atoms with Crippen molar-refractivity contribution >= 4 is 23.5 Å². The van der Waals surface area contributed by atoms with Crippen molar-refractivity contribution in [1.82, 2.24) is 10.3 Å². The Hall–Kier alpha value is -2.71. The zero-order valence-corrected chi connectivity index (χ0v) is 9.24. The van der Waals surface area contributed by atoms with Crippen molar-refractivity contribution in [2.45, 2.75) is 6.92 Å². The van der Waals surface area contributed by atoms with Gasteiger partial charge >= 0.3 is 11.9 Å². The summed E-state index contributed by atoms with van der Waals surface area (Å²) in [5.74, 6) is -0.711. The number of nitro groups is 1. The van der Waals surface area contributed by atoms with Gasteiger partial charge in [0.1, 0.15) is 17.2 Å². The normalized spacial score (nSPS) is 16.1. The molecule has 9 nitrogen and oxygen atoms in total. The van der Waals surface area contributed by atoms with Gasteiger partial charge in [0.05, 0.1) is 6.07 Å². The van der Waals surface area contributed by atoms with Crippen LogP contribution in [0.2, 0.25) is 0 Å². The van der Waals surface area contributed by atoms with E-state index in [4.69, 9.17) is 4.42 Å². The minimum atomic E-state index is -0.678. The Kier molecular flexibility index (Phi) is 2.80.